The summed E-state index contributed by atoms with van der Waals surface area (Å²) in [6, 6.07) is 17.8. The minimum atomic E-state index is -0.787. The number of ether oxygens (including phenoxy) is 4. The first-order valence-corrected chi connectivity index (χ1v) is 12.8. The van der Waals surface area contributed by atoms with Crippen molar-refractivity contribution in [3.05, 3.63) is 83.9 Å². The molecule has 0 aliphatic carbocycles. The van der Waals surface area contributed by atoms with E-state index in [-0.39, 0.29) is 23.7 Å². The van der Waals surface area contributed by atoms with Crippen LogP contribution in [0.3, 0.4) is 0 Å². The fourth-order valence-electron chi connectivity index (χ4n) is 4.14. The lowest BCUT2D eigenvalue weighted by molar-refractivity contribution is -0.130. The van der Waals surface area contributed by atoms with Crippen LogP contribution in [-0.4, -0.2) is 23.8 Å². The molecule has 198 valence electrons. The van der Waals surface area contributed by atoms with Crippen molar-refractivity contribution in [2.24, 2.45) is 0 Å². The van der Waals surface area contributed by atoms with Crippen molar-refractivity contribution >= 4 is 12.1 Å². The van der Waals surface area contributed by atoms with Gasteiger partial charge in [0.1, 0.15) is 29.6 Å². The van der Waals surface area contributed by atoms with E-state index in [4.69, 9.17) is 18.9 Å². The SMILES string of the molecule is C=C(C)C(=O)Oc1cc(C2COC(=O)O2)c(Oc2ccc(O)cc2)cc1-c1ccc(CCCCCC)cc1. The second-order valence-electron chi connectivity index (χ2n) is 9.33. The van der Waals surface area contributed by atoms with Crippen LogP contribution in [0, 0.1) is 0 Å². The van der Waals surface area contributed by atoms with E-state index < -0.39 is 18.2 Å². The number of carbonyl (C=O) groups excluding carboxylic acids is 2. The van der Waals surface area contributed by atoms with Crippen LogP contribution in [0.4, 0.5) is 4.79 Å². The Kier molecular flexibility index (Phi) is 8.69. The molecule has 0 radical (unpaired) electrons. The number of cyclic esters (lactones) is 2. The van der Waals surface area contributed by atoms with Gasteiger partial charge in [-0.15, -0.1) is 0 Å². The van der Waals surface area contributed by atoms with Gasteiger partial charge < -0.3 is 24.1 Å². The number of hydrogen-bond donors (Lipinski definition) is 1. The number of phenolic OH excluding ortho intramolecular Hbond substituents is 1. The van der Waals surface area contributed by atoms with Gasteiger partial charge in [0.2, 0.25) is 0 Å². The number of aryl methyl sites for hydroxylation is 1. The molecule has 0 spiro atoms. The molecule has 1 N–H and O–H groups in total. The van der Waals surface area contributed by atoms with Gasteiger partial charge in [-0.05, 0) is 67.3 Å². The number of esters is 1. The van der Waals surface area contributed by atoms with E-state index in [0.29, 0.717) is 22.6 Å². The standard InChI is InChI=1S/C31H32O7/c1-4-5-6-7-8-21-9-11-22(12-10-21)25-17-28(36-24-15-13-23(32)14-16-24)26(29-19-35-31(34)38-29)18-27(25)37-30(33)20(2)3/h9-18,29,32H,2,4-8,19H2,1,3H3. The highest BCUT2D eigenvalue weighted by molar-refractivity contribution is 5.90. The van der Waals surface area contributed by atoms with Gasteiger partial charge in [-0.2, -0.15) is 0 Å². The molecule has 3 aromatic carbocycles. The Labute approximate surface area is 222 Å². The van der Waals surface area contributed by atoms with Gasteiger partial charge in [-0.3, -0.25) is 0 Å². The molecule has 1 fully saturated rings. The smallest absolute Gasteiger partial charge is 0.508 e. The topological polar surface area (TPSA) is 91.3 Å². The van der Waals surface area contributed by atoms with E-state index in [2.05, 4.69) is 25.6 Å². The maximum atomic E-state index is 12.5. The predicted molar refractivity (Wildman–Crippen MR) is 144 cm³/mol. The number of rotatable bonds is 11. The van der Waals surface area contributed by atoms with Crippen molar-refractivity contribution in [2.45, 2.75) is 52.1 Å². The van der Waals surface area contributed by atoms with Gasteiger partial charge in [0.05, 0.1) is 0 Å². The summed E-state index contributed by atoms with van der Waals surface area (Å²) in [6.45, 7) is 7.45. The van der Waals surface area contributed by atoms with Gasteiger partial charge in [-0.1, -0.05) is 57.0 Å². The number of hydrogen-bond acceptors (Lipinski definition) is 7. The molecular formula is C31H32O7. The second kappa shape index (κ2) is 12.3. The van der Waals surface area contributed by atoms with Gasteiger partial charge in [0, 0.05) is 16.7 Å². The first-order chi connectivity index (χ1) is 18.3. The maximum absolute atomic E-state index is 12.5. The maximum Gasteiger partial charge on any atom is 0.509 e. The Bertz CT molecular complexity index is 1290. The van der Waals surface area contributed by atoms with Crippen molar-refractivity contribution in [2.75, 3.05) is 6.61 Å². The van der Waals surface area contributed by atoms with E-state index >= 15 is 0 Å². The average molecular weight is 517 g/mol. The fraction of sp³-hybridized carbons (Fsp3) is 0.290. The molecule has 0 bridgehead atoms. The lowest BCUT2D eigenvalue weighted by atomic mass is 9.97. The number of phenols is 1. The molecule has 1 atom stereocenters. The molecule has 1 heterocycles. The first kappa shape index (κ1) is 26.8. The van der Waals surface area contributed by atoms with Gasteiger partial charge in [0.25, 0.3) is 0 Å². The quantitative estimate of drug-likeness (QED) is 0.121. The van der Waals surface area contributed by atoms with Crippen LogP contribution in [0.5, 0.6) is 23.0 Å². The summed E-state index contributed by atoms with van der Waals surface area (Å²) >= 11 is 0. The van der Waals surface area contributed by atoms with Crippen LogP contribution in [0.1, 0.15) is 56.8 Å². The zero-order valence-electron chi connectivity index (χ0n) is 21.7. The van der Waals surface area contributed by atoms with Crippen LogP contribution in [0.15, 0.2) is 72.8 Å². The fourth-order valence-corrected chi connectivity index (χ4v) is 4.14. The molecule has 1 saturated heterocycles. The Morgan fingerprint density at radius 2 is 1.76 bits per heavy atom. The van der Waals surface area contributed by atoms with Crippen LogP contribution in [0.25, 0.3) is 11.1 Å². The summed E-state index contributed by atoms with van der Waals surface area (Å²) in [4.78, 5) is 24.2. The van der Waals surface area contributed by atoms with Gasteiger partial charge in [-0.25, -0.2) is 9.59 Å². The summed E-state index contributed by atoms with van der Waals surface area (Å²) in [7, 11) is 0. The van der Waals surface area contributed by atoms with Crippen molar-refractivity contribution in [1.82, 2.24) is 0 Å². The van der Waals surface area contributed by atoms with E-state index in [1.807, 2.05) is 12.1 Å². The molecule has 1 unspecified atom stereocenters. The monoisotopic (exact) mass is 516 g/mol. The van der Waals surface area contributed by atoms with Crippen LogP contribution in [-0.2, 0) is 20.7 Å². The van der Waals surface area contributed by atoms with E-state index in [1.165, 1.54) is 37.0 Å². The molecule has 4 rings (SSSR count). The third kappa shape index (κ3) is 6.73. The minimum absolute atomic E-state index is 0.00921. The average Bonchev–Trinajstić information content (AvgIpc) is 3.34. The summed E-state index contributed by atoms with van der Waals surface area (Å²) in [6.07, 6.45) is 4.22. The molecule has 1 aliphatic rings. The summed E-state index contributed by atoms with van der Waals surface area (Å²) in [5, 5.41) is 9.65. The zero-order valence-corrected chi connectivity index (χ0v) is 21.7. The lowest BCUT2D eigenvalue weighted by Crippen LogP contribution is -2.11. The molecule has 0 amide bonds. The minimum Gasteiger partial charge on any atom is -0.508 e. The van der Waals surface area contributed by atoms with E-state index in [1.54, 1.807) is 31.2 Å². The third-order valence-corrected chi connectivity index (χ3v) is 6.25. The van der Waals surface area contributed by atoms with Crippen LogP contribution >= 0.6 is 0 Å². The summed E-state index contributed by atoms with van der Waals surface area (Å²) in [5.74, 6) is 0.677. The Morgan fingerprint density at radius 3 is 2.39 bits per heavy atom. The number of unbranched alkanes of at least 4 members (excludes halogenated alkanes) is 3. The molecule has 7 nitrogen and oxygen atoms in total. The lowest BCUT2D eigenvalue weighted by Gasteiger charge is -2.19. The molecule has 1 aliphatic heterocycles. The highest BCUT2D eigenvalue weighted by Crippen LogP contribution is 2.43. The van der Waals surface area contributed by atoms with Crippen molar-refractivity contribution in [3.63, 3.8) is 0 Å². The van der Waals surface area contributed by atoms with Crippen LogP contribution in [0.2, 0.25) is 0 Å². The van der Waals surface area contributed by atoms with E-state index in [0.717, 1.165) is 18.4 Å². The largest absolute Gasteiger partial charge is 0.509 e. The van der Waals surface area contributed by atoms with Gasteiger partial charge in [0.15, 0.2) is 6.10 Å². The highest BCUT2D eigenvalue weighted by Gasteiger charge is 2.31. The Morgan fingerprint density at radius 1 is 1.03 bits per heavy atom. The number of aromatic hydroxyl groups is 1. The first-order valence-electron chi connectivity index (χ1n) is 12.8. The van der Waals surface area contributed by atoms with Crippen molar-refractivity contribution < 1.29 is 33.6 Å². The summed E-state index contributed by atoms with van der Waals surface area (Å²) in [5.41, 5.74) is 3.41. The third-order valence-electron chi connectivity index (χ3n) is 6.25. The number of carbonyl (C=O) groups is 2. The highest BCUT2D eigenvalue weighted by atomic mass is 16.8. The molecule has 7 heteroatoms. The Hall–Kier alpha value is -4.26. The molecule has 38 heavy (non-hydrogen) atoms. The predicted octanol–water partition coefficient (Wildman–Crippen LogP) is 7.66. The van der Waals surface area contributed by atoms with Gasteiger partial charge >= 0.3 is 12.1 Å². The number of benzene rings is 3. The molecule has 3 aromatic rings. The summed E-state index contributed by atoms with van der Waals surface area (Å²) < 4.78 is 22.2. The molecule has 0 aromatic heterocycles. The van der Waals surface area contributed by atoms with Crippen molar-refractivity contribution in [3.8, 4) is 34.1 Å². The molecule has 0 saturated carbocycles. The second-order valence-corrected chi connectivity index (χ2v) is 9.33. The Balaban J connectivity index is 1.75. The van der Waals surface area contributed by atoms with E-state index in [9.17, 15) is 14.7 Å². The normalized spacial score (nSPS) is 14.5. The zero-order chi connectivity index (χ0) is 27.1. The van der Waals surface area contributed by atoms with Crippen molar-refractivity contribution in [1.29, 1.82) is 0 Å². The molecular weight excluding hydrogens is 484 g/mol. The van der Waals surface area contributed by atoms with Crippen LogP contribution < -0.4 is 9.47 Å².